The van der Waals surface area contributed by atoms with Crippen LogP contribution in [0.4, 0.5) is 24.7 Å². The molecular weight excluding hydrogens is 385 g/mol. The first-order chi connectivity index (χ1) is 14.0. The van der Waals surface area contributed by atoms with Gasteiger partial charge in [-0.15, -0.1) is 0 Å². The highest BCUT2D eigenvalue weighted by atomic mass is 19.2. The molecule has 2 aromatic heterocycles. The highest BCUT2D eigenvalue weighted by Gasteiger charge is 2.24. The summed E-state index contributed by atoms with van der Waals surface area (Å²) in [6.07, 6.45) is 4.99. The van der Waals surface area contributed by atoms with Gasteiger partial charge in [0.25, 0.3) is 0 Å². The standard InChI is InChI=1S/C19H19F3N6O/c20-14-6-12(7-15(21)17(14)22)24-8-16(29)27-11-2-1-5-28(9-11)19-13-3-4-23-18(13)25-10-26-19/h3-4,6-7,10-11,24H,1-2,5,8-9H2,(H,27,29)(H,23,25,26)/t11-/m1/s1. The van der Waals surface area contributed by atoms with Crippen LogP contribution in [-0.2, 0) is 4.79 Å². The van der Waals surface area contributed by atoms with E-state index in [4.69, 9.17) is 0 Å². The summed E-state index contributed by atoms with van der Waals surface area (Å²) in [5, 5.41) is 6.44. The molecule has 0 saturated carbocycles. The maximum Gasteiger partial charge on any atom is 0.239 e. The highest BCUT2D eigenvalue weighted by Crippen LogP contribution is 2.25. The lowest BCUT2D eigenvalue weighted by molar-refractivity contribution is -0.120. The molecular formula is C19H19F3N6O. The zero-order chi connectivity index (χ0) is 20.4. The molecule has 1 atom stereocenters. The summed E-state index contributed by atoms with van der Waals surface area (Å²) in [6, 6.07) is 3.44. The number of benzene rings is 1. The normalized spacial score (nSPS) is 16.8. The molecule has 0 bridgehead atoms. The molecule has 3 aromatic rings. The number of aromatic nitrogens is 3. The van der Waals surface area contributed by atoms with Crippen LogP contribution in [0.5, 0.6) is 0 Å². The van der Waals surface area contributed by atoms with Gasteiger partial charge in [-0.2, -0.15) is 0 Å². The van der Waals surface area contributed by atoms with Crippen molar-refractivity contribution in [1.82, 2.24) is 20.3 Å². The second kappa shape index (κ2) is 7.98. The molecule has 3 N–H and O–H groups in total. The van der Waals surface area contributed by atoms with E-state index in [9.17, 15) is 18.0 Å². The van der Waals surface area contributed by atoms with Gasteiger partial charge in [0.2, 0.25) is 5.91 Å². The van der Waals surface area contributed by atoms with E-state index in [-0.39, 0.29) is 24.2 Å². The smallest absolute Gasteiger partial charge is 0.239 e. The number of carbonyl (C=O) groups is 1. The van der Waals surface area contributed by atoms with Crippen molar-refractivity contribution in [1.29, 1.82) is 0 Å². The second-order valence-corrected chi connectivity index (χ2v) is 6.90. The third-order valence-electron chi connectivity index (χ3n) is 4.86. The number of piperidine rings is 1. The van der Waals surface area contributed by atoms with Crippen LogP contribution in [0.2, 0.25) is 0 Å². The van der Waals surface area contributed by atoms with Crippen molar-refractivity contribution in [2.75, 3.05) is 29.9 Å². The quantitative estimate of drug-likeness (QED) is 0.569. The Balaban J connectivity index is 1.36. The number of carbonyl (C=O) groups excluding carboxylic acids is 1. The molecule has 0 radical (unpaired) electrons. The summed E-state index contributed by atoms with van der Waals surface area (Å²) in [5.74, 6) is -3.67. The summed E-state index contributed by atoms with van der Waals surface area (Å²) in [7, 11) is 0. The lowest BCUT2D eigenvalue weighted by atomic mass is 10.1. The molecule has 1 amide bonds. The summed E-state index contributed by atoms with van der Waals surface area (Å²) in [5.41, 5.74) is 0.752. The van der Waals surface area contributed by atoms with Gasteiger partial charge in [-0.25, -0.2) is 23.1 Å². The van der Waals surface area contributed by atoms with Gasteiger partial charge in [-0.1, -0.05) is 0 Å². The van der Waals surface area contributed by atoms with Crippen LogP contribution in [-0.4, -0.2) is 46.5 Å². The highest BCUT2D eigenvalue weighted by molar-refractivity contribution is 5.87. The van der Waals surface area contributed by atoms with E-state index in [1.54, 1.807) is 6.20 Å². The monoisotopic (exact) mass is 404 g/mol. The Morgan fingerprint density at radius 3 is 2.83 bits per heavy atom. The number of amides is 1. The third-order valence-corrected chi connectivity index (χ3v) is 4.86. The molecule has 3 heterocycles. The van der Waals surface area contributed by atoms with E-state index < -0.39 is 17.5 Å². The van der Waals surface area contributed by atoms with Gasteiger partial charge < -0.3 is 20.5 Å². The Kier molecular flexibility index (Phi) is 5.24. The molecule has 0 spiro atoms. The molecule has 152 valence electrons. The van der Waals surface area contributed by atoms with Gasteiger partial charge in [-0.05, 0) is 18.9 Å². The maximum atomic E-state index is 13.3. The molecule has 1 aliphatic rings. The molecule has 10 heteroatoms. The van der Waals surface area contributed by atoms with Gasteiger partial charge in [0.15, 0.2) is 17.5 Å². The number of nitrogens with zero attached hydrogens (tertiary/aromatic N) is 3. The number of anilines is 2. The molecule has 1 aliphatic heterocycles. The SMILES string of the molecule is O=C(CNc1cc(F)c(F)c(F)c1)N[C@@H]1CCCN(c2ncnc3[nH]ccc23)C1. The van der Waals surface area contributed by atoms with Gasteiger partial charge in [0, 0.05) is 43.1 Å². The molecule has 29 heavy (non-hydrogen) atoms. The van der Waals surface area contributed by atoms with Gasteiger partial charge in [-0.3, -0.25) is 4.79 Å². The molecule has 7 nitrogen and oxygen atoms in total. The zero-order valence-corrected chi connectivity index (χ0v) is 15.4. The van der Waals surface area contributed by atoms with Crippen LogP contribution in [0.1, 0.15) is 12.8 Å². The van der Waals surface area contributed by atoms with E-state index in [2.05, 4.69) is 30.5 Å². The predicted molar refractivity (Wildman–Crippen MR) is 102 cm³/mol. The largest absolute Gasteiger partial charge is 0.376 e. The van der Waals surface area contributed by atoms with E-state index in [1.165, 1.54) is 6.33 Å². The minimum atomic E-state index is -1.54. The minimum absolute atomic E-state index is 0.00217. The first-order valence-corrected chi connectivity index (χ1v) is 9.22. The van der Waals surface area contributed by atoms with Crippen LogP contribution in [0.3, 0.4) is 0 Å². The Morgan fingerprint density at radius 2 is 2.03 bits per heavy atom. The maximum absolute atomic E-state index is 13.3. The van der Waals surface area contributed by atoms with Crippen LogP contribution in [0.15, 0.2) is 30.7 Å². The van der Waals surface area contributed by atoms with E-state index in [0.717, 1.165) is 48.4 Å². The van der Waals surface area contributed by atoms with Gasteiger partial charge >= 0.3 is 0 Å². The van der Waals surface area contributed by atoms with Gasteiger partial charge in [0.1, 0.15) is 17.8 Å². The topological polar surface area (TPSA) is 85.9 Å². The van der Waals surface area contributed by atoms with Crippen molar-refractivity contribution in [2.24, 2.45) is 0 Å². The Bertz CT molecular complexity index is 1020. The number of hydrogen-bond donors (Lipinski definition) is 3. The first-order valence-electron chi connectivity index (χ1n) is 9.22. The van der Waals surface area contributed by atoms with E-state index in [1.807, 2.05) is 6.07 Å². The number of H-pyrrole nitrogens is 1. The minimum Gasteiger partial charge on any atom is -0.376 e. The van der Waals surface area contributed by atoms with E-state index >= 15 is 0 Å². The lowest BCUT2D eigenvalue weighted by Crippen LogP contribution is -2.49. The van der Waals surface area contributed by atoms with Crippen molar-refractivity contribution >= 4 is 28.4 Å². The number of fused-ring (bicyclic) bond motifs is 1. The summed E-state index contributed by atoms with van der Waals surface area (Å²) < 4.78 is 39.5. The van der Waals surface area contributed by atoms with Crippen molar-refractivity contribution in [2.45, 2.75) is 18.9 Å². The Morgan fingerprint density at radius 1 is 1.24 bits per heavy atom. The first kappa shape index (κ1) is 19.0. The van der Waals surface area contributed by atoms with Crippen molar-refractivity contribution in [3.8, 4) is 0 Å². The fourth-order valence-electron chi connectivity index (χ4n) is 3.52. The predicted octanol–water partition coefficient (Wildman–Crippen LogP) is 2.57. The average Bonchev–Trinajstić information content (AvgIpc) is 3.19. The zero-order valence-electron chi connectivity index (χ0n) is 15.4. The van der Waals surface area contributed by atoms with Crippen molar-refractivity contribution < 1.29 is 18.0 Å². The second-order valence-electron chi connectivity index (χ2n) is 6.90. The molecule has 1 saturated heterocycles. The molecule has 1 aromatic carbocycles. The summed E-state index contributed by atoms with van der Waals surface area (Å²) in [6.45, 7) is 1.22. The molecule has 0 unspecified atom stereocenters. The number of rotatable bonds is 5. The molecule has 1 fully saturated rings. The lowest BCUT2D eigenvalue weighted by Gasteiger charge is -2.34. The van der Waals surface area contributed by atoms with Crippen molar-refractivity contribution in [3.05, 3.63) is 48.2 Å². The van der Waals surface area contributed by atoms with Crippen LogP contribution >= 0.6 is 0 Å². The third kappa shape index (κ3) is 4.10. The number of halogens is 3. The van der Waals surface area contributed by atoms with E-state index in [0.29, 0.717) is 6.54 Å². The Labute approximate surface area is 164 Å². The number of aromatic amines is 1. The Hall–Kier alpha value is -3.30. The summed E-state index contributed by atoms with van der Waals surface area (Å²) >= 11 is 0. The van der Waals surface area contributed by atoms with Crippen molar-refractivity contribution in [3.63, 3.8) is 0 Å². The average molecular weight is 404 g/mol. The van der Waals surface area contributed by atoms with Gasteiger partial charge in [0.05, 0.1) is 11.9 Å². The number of hydrogen-bond acceptors (Lipinski definition) is 5. The van der Waals surface area contributed by atoms with Crippen LogP contribution < -0.4 is 15.5 Å². The fourth-order valence-corrected chi connectivity index (χ4v) is 3.52. The molecule has 0 aliphatic carbocycles. The molecule has 4 rings (SSSR count). The summed E-state index contributed by atoms with van der Waals surface area (Å²) in [4.78, 5) is 26.0. The number of nitrogens with one attached hydrogen (secondary N) is 3. The fraction of sp³-hybridized carbons (Fsp3) is 0.316. The van der Waals surface area contributed by atoms with Crippen LogP contribution in [0, 0.1) is 17.5 Å². The van der Waals surface area contributed by atoms with Crippen LogP contribution in [0.25, 0.3) is 11.0 Å².